The maximum Gasteiger partial charge on any atom is 0.337 e. The van der Waals surface area contributed by atoms with Gasteiger partial charge in [0, 0.05) is 0 Å². The van der Waals surface area contributed by atoms with Crippen LogP contribution in [-0.2, 0) is 4.74 Å². The molecule has 82 valence electrons. The molecule has 0 saturated heterocycles. The highest BCUT2D eigenvalue weighted by Crippen LogP contribution is 2.24. The van der Waals surface area contributed by atoms with Crippen molar-refractivity contribution in [1.29, 1.82) is 0 Å². The molecule has 0 aliphatic heterocycles. The standard InChI is InChI=1S/C13H12O3/c1-8-5-10(13(15)16-2)6-9-3-4-11(14)7-12(8)9/h3-7,14H,1-2H3. The first-order chi connectivity index (χ1) is 7.61. The molecular weight excluding hydrogens is 204 g/mol. The van der Waals surface area contributed by atoms with Crippen LogP contribution in [0.4, 0.5) is 0 Å². The Balaban J connectivity index is 2.68. The van der Waals surface area contributed by atoms with Gasteiger partial charge in [-0.2, -0.15) is 0 Å². The number of hydrogen-bond donors (Lipinski definition) is 1. The highest BCUT2D eigenvalue weighted by Gasteiger charge is 2.08. The van der Waals surface area contributed by atoms with E-state index >= 15 is 0 Å². The zero-order valence-corrected chi connectivity index (χ0v) is 9.15. The number of aryl methyl sites for hydroxylation is 1. The lowest BCUT2D eigenvalue weighted by Crippen LogP contribution is -2.01. The van der Waals surface area contributed by atoms with E-state index in [4.69, 9.17) is 0 Å². The number of ether oxygens (including phenoxy) is 1. The van der Waals surface area contributed by atoms with Gasteiger partial charge in [-0.05, 0) is 47.5 Å². The highest BCUT2D eigenvalue weighted by atomic mass is 16.5. The van der Waals surface area contributed by atoms with Gasteiger partial charge in [-0.1, -0.05) is 6.07 Å². The molecule has 16 heavy (non-hydrogen) atoms. The molecule has 2 aromatic carbocycles. The van der Waals surface area contributed by atoms with Crippen LogP contribution in [0.5, 0.6) is 5.75 Å². The van der Waals surface area contributed by atoms with Crippen molar-refractivity contribution in [3.63, 3.8) is 0 Å². The molecule has 2 aromatic rings. The fourth-order valence-electron chi connectivity index (χ4n) is 1.77. The maximum absolute atomic E-state index is 11.4. The van der Waals surface area contributed by atoms with Gasteiger partial charge in [0.2, 0.25) is 0 Å². The summed E-state index contributed by atoms with van der Waals surface area (Å²) in [6.45, 7) is 1.90. The summed E-state index contributed by atoms with van der Waals surface area (Å²) in [7, 11) is 1.36. The van der Waals surface area contributed by atoms with Gasteiger partial charge >= 0.3 is 5.97 Å². The molecule has 0 aromatic heterocycles. The van der Waals surface area contributed by atoms with Crippen molar-refractivity contribution in [2.24, 2.45) is 0 Å². The summed E-state index contributed by atoms with van der Waals surface area (Å²) >= 11 is 0. The second kappa shape index (κ2) is 3.85. The van der Waals surface area contributed by atoms with Crippen LogP contribution in [0, 0.1) is 6.92 Å². The van der Waals surface area contributed by atoms with Gasteiger partial charge in [0.1, 0.15) is 5.75 Å². The first-order valence-electron chi connectivity index (χ1n) is 4.93. The zero-order chi connectivity index (χ0) is 11.7. The summed E-state index contributed by atoms with van der Waals surface area (Å²) < 4.78 is 4.68. The second-order valence-electron chi connectivity index (χ2n) is 3.69. The summed E-state index contributed by atoms with van der Waals surface area (Å²) in [5.74, 6) is -0.125. The van der Waals surface area contributed by atoms with Crippen LogP contribution in [0.2, 0.25) is 0 Å². The van der Waals surface area contributed by atoms with Crippen LogP contribution in [0.15, 0.2) is 30.3 Å². The monoisotopic (exact) mass is 216 g/mol. The number of phenolic OH excluding ortho intramolecular Hbond substituents is 1. The van der Waals surface area contributed by atoms with Crippen LogP contribution >= 0.6 is 0 Å². The minimum absolute atomic E-state index is 0.224. The average Bonchev–Trinajstić information content (AvgIpc) is 2.28. The van der Waals surface area contributed by atoms with E-state index in [0.717, 1.165) is 16.3 Å². The number of methoxy groups -OCH3 is 1. The van der Waals surface area contributed by atoms with E-state index in [9.17, 15) is 9.90 Å². The third kappa shape index (κ3) is 1.72. The lowest BCUT2D eigenvalue weighted by molar-refractivity contribution is 0.0601. The number of hydrogen-bond acceptors (Lipinski definition) is 3. The molecule has 0 radical (unpaired) electrons. The maximum atomic E-state index is 11.4. The molecule has 0 heterocycles. The smallest absolute Gasteiger partial charge is 0.337 e. The molecule has 2 rings (SSSR count). The molecule has 0 unspecified atom stereocenters. The van der Waals surface area contributed by atoms with Crippen molar-refractivity contribution in [1.82, 2.24) is 0 Å². The Bertz CT molecular complexity index is 558. The third-order valence-corrected chi connectivity index (χ3v) is 2.57. The summed E-state index contributed by atoms with van der Waals surface area (Å²) in [5, 5.41) is 11.2. The van der Waals surface area contributed by atoms with E-state index < -0.39 is 0 Å². The number of carbonyl (C=O) groups is 1. The number of carbonyl (C=O) groups excluding carboxylic acids is 1. The van der Waals surface area contributed by atoms with Crippen molar-refractivity contribution in [3.05, 3.63) is 41.5 Å². The SMILES string of the molecule is COC(=O)c1cc(C)c2cc(O)ccc2c1. The number of esters is 1. The van der Waals surface area contributed by atoms with Gasteiger partial charge in [0.25, 0.3) is 0 Å². The zero-order valence-electron chi connectivity index (χ0n) is 9.15. The summed E-state index contributed by atoms with van der Waals surface area (Å²) in [5.41, 5.74) is 1.46. The Hall–Kier alpha value is -2.03. The van der Waals surface area contributed by atoms with E-state index in [1.54, 1.807) is 30.3 Å². The van der Waals surface area contributed by atoms with Crippen molar-refractivity contribution in [2.45, 2.75) is 6.92 Å². The van der Waals surface area contributed by atoms with E-state index in [2.05, 4.69) is 4.74 Å². The minimum atomic E-state index is -0.349. The first kappa shape index (κ1) is 10.5. The third-order valence-electron chi connectivity index (χ3n) is 2.57. The van der Waals surface area contributed by atoms with E-state index in [0.29, 0.717) is 5.56 Å². The highest BCUT2D eigenvalue weighted by molar-refractivity contribution is 5.97. The molecule has 0 spiro atoms. The number of phenols is 1. The fourth-order valence-corrected chi connectivity index (χ4v) is 1.77. The van der Waals surface area contributed by atoms with Crippen LogP contribution in [0.25, 0.3) is 10.8 Å². The molecule has 0 aliphatic carbocycles. The van der Waals surface area contributed by atoms with Gasteiger partial charge in [-0.25, -0.2) is 4.79 Å². The van der Waals surface area contributed by atoms with Gasteiger partial charge in [0.15, 0.2) is 0 Å². The van der Waals surface area contributed by atoms with Gasteiger partial charge in [0.05, 0.1) is 12.7 Å². The molecular formula is C13H12O3. The number of aromatic hydroxyl groups is 1. The summed E-state index contributed by atoms with van der Waals surface area (Å²) in [4.78, 5) is 11.4. The quantitative estimate of drug-likeness (QED) is 0.745. The molecule has 3 nitrogen and oxygen atoms in total. The lowest BCUT2D eigenvalue weighted by Gasteiger charge is -2.06. The van der Waals surface area contributed by atoms with E-state index in [-0.39, 0.29) is 11.7 Å². The van der Waals surface area contributed by atoms with Crippen LogP contribution in [0.3, 0.4) is 0 Å². The Kier molecular flexibility index (Phi) is 2.52. The molecule has 0 atom stereocenters. The minimum Gasteiger partial charge on any atom is -0.508 e. The van der Waals surface area contributed by atoms with Crippen molar-refractivity contribution >= 4 is 16.7 Å². The second-order valence-corrected chi connectivity index (χ2v) is 3.69. The summed E-state index contributed by atoms with van der Waals surface area (Å²) in [6, 6.07) is 8.58. The predicted octanol–water partition coefficient (Wildman–Crippen LogP) is 2.64. The first-order valence-corrected chi connectivity index (χ1v) is 4.93. The topological polar surface area (TPSA) is 46.5 Å². The summed E-state index contributed by atoms with van der Waals surface area (Å²) in [6.07, 6.45) is 0. The molecule has 0 saturated carbocycles. The van der Waals surface area contributed by atoms with Crippen molar-refractivity contribution in [3.8, 4) is 5.75 Å². The van der Waals surface area contributed by atoms with Gasteiger partial charge < -0.3 is 9.84 Å². The predicted molar refractivity (Wildman–Crippen MR) is 61.7 cm³/mol. The molecule has 0 fully saturated rings. The number of fused-ring (bicyclic) bond motifs is 1. The molecule has 0 amide bonds. The lowest BCUT2D eigenvalue weighted by atomic mass is 10.0. The van der Waals surface area contributed by atoms with Crippen molar-refractivity contribution < 1.29 is 14.6 Å². The van der Waals surface area contributed by atoms with E-state index in [1.807, 2.05) is 6.92 Å². The molecule has 1 N–H and O–H groups in total. The Labute approximate surface area is 93.3 Å². The molecule has 3 heteroatoms. The number of rotatable bonds is 1. The van der Waals surface area contributed by atoms with Crippen LogP contribution in [0.1, 0.15) is 15.9 Å². The normalized spacial score (nSPS) is 10.4. The molecule has 0 aliphatic rings. The average molecular weight is 216 g/mol. The fraction of sp³-hybridized carbons (Fsp3) is 0.154. The molecule has 0 bridgehead atoms. The van der Waals surface area contributed by atoms with Crippen LogP contribution < -0.4 is 0 Å². The largest absolute Gasteiger partial charge is 0.508 e. The Morgan fingerprint density at radius 3 is 2.69 bits per heavy atom. The van der Waals surface area contributed by atoms with Gasteiger partial charge in [-0.3, -0.25) is 0 Å². The van der Waals surface area contributed by atoms with Crippen molar-refractivity contribution in [2.75, 3.05) is 7.11 Å². The van der Waals surface area contributed by atoms with E-state index in [1.165, 1.54) is 7.11 Å². The Morgan fingerprint density at radius 2 is 2.00 bits per heavy atom. The van der Waals surface area contributed by atoms with Gasteiger partial charge in [-0.15, -0.1) is 0 Å². The van der Waals surface area contributed by atoms with Crippen LogP contribution in [-0.4, -0.2) is 18.2 Å². The Morgan fingerprint density at radius 1 is 1.25 bits per heavy atom. The number of benzene rings is 2.